The van der Waals surface area contributed by atoms with Crippen molar-refractivity contribution in [3.8, 4) is 11.5 Å². The summed E-state index contributed by atoms with van der Waals surface area (Å²) in [5, 5.41) is 15.6. The number of fused-ring (bicyclic) bond motifs is 3. The van der Waals surface area contributed by atoms with Gasteiger partial charge in [0.1, 0.15) is 20.9 Å². The summed E-state index contributed by atoms with van der Waals surface area (Å²) in [5.74, 6) is 0.0119. The van der Waals surface area contributed by atoms with Crippen LogP contribution in [0.5, 0.6) is 0 Å². The van der Waals surface area contributed by atoms with Crippen molar-refractivity contribution < 1.29 is 4.11 Å². The largest absolute Gasteiger partial charge is 0.377 e. The zero-order chi connectivity index (χ0) is 25.9. The van der Waals surface area contributed by atoms with Crippen molar-refractivity contribution in [3.63, 3.8) is 0 Å². The Balaban J connectivity index is 1.65. The number of pyridine rings is 1. The first kappa shape index (κ1) is 18.4. The molecule has 168 valence electrons. The van der Waals surface area contributed by atoms with E-state index in [9.17, 15) is 4.79 Å². The van der Waals surface area contributed by atoms with E-state index in [1.807, 2.05) is 30.4 Å². The molecule has 1 N–H and O–H groups in total. The summed E-state index contributed by atoms with van der Waals surface area (Å²) in [6.07, 6.45) is 1.71. The Labute approximate surface area is 211 Å². The summed E-state index contributed by atoms with van der Waals surface area (Å²) >= 11 is 8.25. The second-order valence-electron chi connectivity index (χ2n) is 7.64. The molecular weight excluding hydrogens is 557 g/mol. The van der Waals surface area contributed by atoms with E-state index < -0.39 is 6.98 Å². The molecule has 0 spiro atoms. The van der Waals surface area contributed by atoms with Gasteiger partial charge in [-0.3, -0.25) is 13.8 Å². The van der Waals surface area contributed by atoms with Gasteiger partial charge in [0.05, 0.1) is 29.6 Å². The second-order valence-corrected chi connectivity index (χ2v) is 9.05. The van der Waals surface area contributed by atoms with E-state index in [4.69, 9.17) is 15.7 Å². The van der Waals surface area contributed by atoms with Crippen molar-refractivity contribution in [2.75, 3.05) is 5.32 Å². The van der Waals surface area contributed by atoms with Gasteiger partial charge in [0.15, 0.2) is 5.65 Å². The number of aromatic nitrogens is 8. The predicted molar refractivity (Wildman–Crippen MR) is 134 cm³/mol. The maximum Gasteiger partial charge on any atom is 0.261 e. The predicted octanol–water partition coefficient (Wildman–Crippen LogP) is 3.51. The van der Waals surface area contributed by atoms with Gasteiger partial charge in [0.2, 0.25) is 5.82 Å². The van der Waals surface area contributed by atoms with Gasteiger partial charge in [-0.2, -0.15) is 4.80 Å². The van der Waals surface area contributed by atoms with Gasteiger partial charge < -0.3 is 5.32 Å². The fourth-order valence-corrected chi connectivity index (χ4v) is 4.87. The molecule has 4 heterocycles. The molecule has 0 saturated carbocycles. The molecule has 0 aliphatic heterocycles. The number of nitrogens with zero attached hydrogens (tertiary/aromatic N) is 8. The van der Waals surface area contributed by atoms with Crippen LogP contribution in [0.2, 0.25) is 5.15 Å². The lowest BCUT2D eigenvalue weighted by Crippen LogP contribution is -2.21. The van der Waals surface area contributed by atoms with Crippen molar-refractivity contribution in [3.05, 3.63) is 60.9 Å². The Bertz CT molecular complexity index is 1710. The summed E-state index contributed by atoms with van der Waals surface area (Å²) in [6, 6.07) is 6.88. The first-order chi connectivity index (χ1) is 17.0. The Morgan fingerprint density at radius 3 is 2.88 bits per heavy atom. The van der Waals surface area contributed by atoms with E-state index >= 15 is 0 Å². The van der Waals surface area contributed by atoms with E-state index in [-0.39, 0.29) is 28.3 Å². The molecule has 5 aromatic rings. The summed E-state index contributed by atoms with van der Waals surface area (Å²) in [7, 11) is 1.73. The van der Waals surface area contributed by atoms with E-state index in [1.165, 1.54) is 0 Å². The molecule has 0 bridgehead atoms. The van der Waals surface area contributed by atoms with E-state index in [0.717, 1.165) is 16.6 Å². The Hall–Kier alpha value is -3.06. The van der Waals surface area contributed by atoms with Crippen LogP contribution in [0.25, 0.3) is 28.1 Å². The molecule has 12 heteroatoms. The van der Waals surface area contributed by atoms with Crippen LogP contribution in [0, 0.1) is 10.6 Å². The van der Waals surface area contributed by atoms with Crippen LogP contribution >= 0.6 is 34.2 Å². The summed E-state index contributed by atoms with van der Waals surface area (Å²) in [4.78, 5) is 22.5. The number of aryl methyl sites for hydroxylation is 3. The minimum absolute atomic E-state index is 0.0119. The van der Waals surface area contributed by atoms with E-state index in [2.05, 4.69) is 53.3 Å². The molecule has 33 heavy (non-hydrogen) atoms. The Kier molecular flexibility index (Phi) is 4.49. The van der Waals surface area contributed by atoms with Gasteiger partial charge in [-0.05, 0) is 71.0 Å². The number of hydrogen-bond acceptors (Lipinski definition) is 7. The molecule has 0 aliphatic carbocycles. The first-order valence-corrected chi connectivity index (χ1v) is 11.3. The first-order valence-electron chi connectivity index (χ1n) is 11.4. The number of nitrogens with one attached hydrogen (secondary N) is 1. The molecule has 1 aromatic carbocycles. The summed E-state index contributed by atoms with van der Waals surface area (Å²) in [6.45, 7) is 1.30. The second kappa shape index (κ2) is 8.06. The minimum atomic E-state index is -2.58. The SMILES string of the molecule is [2H]C([2H])([2H])n1nnc(-c2nc(Cl)ccc2NC(C)c2cc(C)cc3c(=O)n(C)c4c(I)ncn4c23)n1. The number of benzene rings is 1. The van der Waals surface area contributed by atoms with Crippen molar-refractivity contribution in [2.45, 2.75) is 19.9 Å². The minimum Gasteiger partial charge on any atom is -0.377 e. The highest BCUT2D eigenvalue weighted by molar-refractivity contribution is 14.1. The topological polar surface area (TPSA) is 108 Å². The molecule has 10 nitrogen and oxygen atoms in total. The van der Waals surface area contributed by atoms with Crippen molar-refractivity contribution >= 4 is 56.4 Å². The normalized spacial score (nSPS) is 14.3. The highest BCUT2D eigenvalue weighted by Gasteiger charge is 2.21. The van der Waals surface area contributed by atoms with Crippen LogP contribution in [0.3, 0.4) is 0 Å². The van der Waals surface area contributed by atoms with Gasteiger partial charge >= 0.3 is 0 Å². The highest BCUT2D eigenvalue weighted by Crippen LogP contribution is 2.32. The van der Waals surface area contributed by atoms with Crippen LogP contribution in [-0.2, 0) is 14.0 Å². The monoisotopic (exact) mass is 578 g/mol. The van der Waals surface area contributed by atoms with Gasteiger partial charge in [-0.25, -0.2) is 9.97 Å². The molecule has 0 radical (unpaired) electrons. The fourth-order valence-electron chi connectivity index (χ4n) is 3.97. The number of tetrazole rings is 1. The molecule has 0 fully saturated rings. The van der Waals surface area contributed by atoms with Crippen LogP contribution in [0.1, 0.15) is 28.2 Å². The lowest BCUT2D eigenvalue weighted by molar-refractivity contribution is 0.630. The van der Waals surface area contributed by atoms with Gasteiger partial charge in [0, 0.05) is 11.2 Å². The molecule has 1 atom stereocenters. The Morgan fingerprint density at radius 1 is 1.30 bits per heavy atom. The average molecular weight is 579 g/mol. The number of anilines is 1. The zero-order valence-electron chi connectivity index (χ0n) is 20.7. The zero-order valence-corrected chi connectivity index (χ0v) is 20.6. The van der Waals surface area contributed by atoms with Crippen molar-refractivity contribution in [2.24, 2.45) is 14.0 Å². The smallest absolute Gasteiger partial charge is 0.261 e. The molecule has 5 rings (SSSR count). The van der Waals surface area contributed by atoms with Crippen LogP contribution in [0.15, 0.2) is 35.4 Å². The molecular formula is C21H19ClIN9O. The number of rotatable bonds is 4. The van der Waals surface area contributed by atoms with E-state index in [1.54, 1.807) is 30.1 Å². The van der Waals surface area contributed by atoms with Crippen LogP contribution in [0.4, 0.5) is 5.69 Å². The quantitative estimate of drug-likeness (QED) is 0.257. The van der Waals surface area contributed by atoms with Gasteiger partial charge in [0.25, 0.3) is 5.56 Å². The van der Waals surface area contributed by atoms with E-state index in [0.29, 0.717) is 25.2 Å². The van der Waals surface area contributed by atoms with Crippen LogP contribution < -0.4 is 10.9 Å². The standard InChI is InChI=1S/C21H19ClIN9O/c1-10-7-12(17-13(8-10)21(33)30(3)20-18(23)24-9-32(17)20)11(2)25-14-5-6-15(22)26-16(14)19-27-29-31(4)28-19/h5-9,11,25H,1-4H3/i4D3. The molecule has 1 unspecified atom stereocenters. The van der Waals surface area contributed by atoms with Gasteiger partial charge in [-0.1, -0.05) is 17.7 Å². The average Bonchev–Trinajstić information content (AvgIpc) is 3.45. The molecule has 0 saturated heterocycles. The lowest BCUT2D eigenvalue weighted by atomic mass is 10.0. The van der Waals surface area contributed by atoms with Gasteiger partial charge in [-0.15, -0.1) is 10.2 Å². The third-order valence-electron chi connectivity index (χ3n) is 5.40. The maximum atomic E-state index is 13.2. The van der Waals surface area contributed by atoms with Crippen molar-refractivity contribution in [1.29, 1.82) is 0 Å². The lowest BCUT2D eigenvalue weighted by Gasteiger charge is -2.21. The summed E-state index contributed by atoms with van der Waals surface area (Å²) < 4.78 is 26.7. The number of hydrogen-bond donors (Lipinski definition) is 1. The third kappa shape index (κ3) is 3.64. The highest BCUT2D eigenvalue weighted by atomic mass is 127. The maximum absolute atomic E-state index is 13.2. The molecule has 4 aromatic heterocycles. The van der Waals surface area contributed by atoms with Crippen LogP contribution in [-0.4, -0.2) is 39.1 Å². The number of halogens is 2. The number of imidazole rings is 1. The fraction of sp³-hybridized carbons (Fsp3) is 0.238. The Morgan fingerprint density at radius 2 is 2.12 bits per heavy atom. The molecule has 0 aliphatic rings. The third-order valence-corrected chi connectivity index (χ3v) is 6.37. The molecule has 0 amide bonds. The summed E-state index contributed by atoms with van der Waals surface area (Å²) in [5.41, 5.74) is 3.88. The van der Waals surface area contributed by atoms with Crippen molar-refractivity contribution in [1.82, 2.24) is 39.1 Å².